The second-order valence-corrected chi connectivity index (χ2v) is 3.68. The van der Waals surface area contributed by atoms with Crippen molar-refractivity contribution >= 4 is 17.3 Å². The van der Waals surface area contributed by atoms with Crippen LogP contribution in [0.4, 0.5) is 11.4 Å². The summed E-state index contributed by atoms with van der Waals surface area (Å²) in [5.74, 6) is 5.08. The quantitative estimate of drug-likeness (QED) is 0.172. The lowest BCUT2D eigenvalue weighted by Gasteiger charge is -2.03. The van der Waals surface area contributed by atoms with Crippen molar-refractivity contribution in [2.24, 2.45) is 5.11 Å². The van der Waals surface area contributed by atoms with Crippen LogP contribution < -0.4 is 5.32 Å². The first kappa shape index (κ1) is 15.0. The number of carbonyl (C=O) groups is 1. The highest BCUT2D eigenvalue weighted by Crippen LogP contribution is 2.25. The van der Waals surface area contributed by atoms with E-state index in [0.717, 1.165) is 0 Å². The van der Waals surface area contributed by atoms with Crippen LogP contribution in [0.5, 0.6) is 0 Å². The molecule has 1 aromatic rings. The van der Waals surface area contributed by atoms with Crippen LogP contribution >= 0.6 is 0 Å². The third kappa shape index (κ3) is 4.68. The number of rotatable bonds is 4. The lowest BCUT2D eigenvalue weighted by atomic mass is 10.1. The number of azide groups is 1. The second-order valence-electron chi connectivity index (χ2n) is 3.68. The number of benzene rings is 1. The molecule has 8 nitrogen and oxygen atoms in total. The van der Waals surface area contributed by atoms with E-state index in [-0.39, 0.29) is 23.8 Å². The summed E-state index contributed by atoms with van der Waals surface area (Å²) in [5, 5.41) is 16.6. The van der Waals surface area contributed by atoms with Gasteiger partial charge in [0.1, 0.15) is 5.69 Å². The maximum Gasteiger partial charge on any atom is 0.293 e. The van der Waals surface area contributed by atoms with Gasteiger partial charge in [-0.1, -0.05) is 17.0 Å². The predicted octanol–water partition coefficient (Wildman–Crippen LogP) is 2.61. The summed E-state index contributed by atoms with van der Waals surface area (Å²) in [6.07, 6.45) is 0.366. The average molecular weight is 273 g/mol. The zero-order chi connectivity index (χ0) is 15.0. The molecule has 0 saturated heterocycles. The van der Waals surface area contributed by atoms with E-state index in [1.165, 1.54) is 19.1 Å². The zero-order valence-corrected chi connectivity index (χ0v) is 10.7. The summed E-state index contributed by atoms with van der Waals surface area (Å²) in [6.45, 7) is 1.52. The van der Waals surface area contributed by atoms with Crippen LogP contribution in [-0.2, 0) is 4.79 Å². The number of hydrogen-bond donors (Lipinski definition) is 1. The first-order valence-electron chi connectivity index (χ1n) is 5.60. The van der Waals surface area contributed by atoms with E-state index >= 15 is 0 Å². The molecule has 0 radical (unpaired) electrons. The average Bonchev–Trinajstić information content (AvgIpc) is 2.39. The van der Waals surface area contributed by atoms with Gasteiger partial charge >= 0.3 is 0 Å². The van der Waals surface area contributed by atoms with Crippen LogP contribution in [0, 0.1) is 22.0 Å². The van der Waals surface area contributed by atoms with Gasteiger partial charge in [0.05, 0.1) is 4.92 Å². The molecule has 0 aromatic heterocycles. The Morgan fingerprint density at radius 2 is 2.35 bits per heavy atom. The smallest absolute Gasteiger partial charge is 0.293 e. The molecular formula is C12H11N5O3. The Hall–Kier alpha value is -3.04. The third-order valence-corrected chi connectivity index (χ3v) is 2.14. The van der Waals surface area contributed by atoms with Gasteiger partial charge in [-0.15, -0.1) is 0 Å². The predicted molar refractivity (Wildman–Crippen MR) is 72.9 cm³/mol. The van der Waals surface area contributed by atoms with Crippen molar-refractivity contribution in [2.45, 2.75) is 13.3 Å². The van der Waals surface area contributed by atoms with Crippen molar-refractivity contribution in [3.8, 4) is 11.8 Å². The number of nitrogens with one attached hydrogen (secondary N) is 1. The Kier molecular flexibility index (Phi) is 5.56. The SMILES string of the molecule is CC(=O)Nc1ccc(C#CCCN=[N+]=[N-])cc1[N+](=O)[O-]. The lowest BCUT2D eigenvalue weighted by molar-refractivity contribution is -0.383. The van der Waals surface area contributed by atoms with E-state index in [0.29, 0.717) is 12.0 Å². The van der Waals surface area contributed by atoms with Crippen molar-refractivity contribution < 1.29 is 9.72 Å². The molecule has 0 aliphatic carbocycles. The Morgan fingerprint density at radius 1 is 1.60 bits per heavy atom. The topological polar surface area (TPSA) is 121 Å². The summed E-state index contributed by atoms with van der Waals surface area (Å²) < 4.78 is 0. The largest absolute Gasteiger partial charge is 0.321 e. The molecule has 102 valence electrons. The number of amides is 1. The minimum Gasteiger partial charge on any atom is -0.321 e. The van der Waals surface area contributed by atoms with Gasteiger partial charge in [-0.3, -0.25) is 14.9 Å². The number of hydrogen-bond acceptors (Lipinski definition) is 4. The van der Waals surface area contributed by atoms with Crippen molar-refractivity contribution in [1.29, 1.82) is 0 Å². The molecule has 0 fully saturated rings. The summed E-state index contributed by atoms with van der Waals surface area (Å²) >= 11 is 0. The van der Waals surface area contributed by atoms with Gasteiger partial charge in [-0.2, -0.15) is 0 Å². The van der Waals surface area contributed by atoms with Crippen molar-refractivity contribution in [3.05, 3.63) is 44.3 Å². The molecule has 1 N–H and O–H groups in total. The normalized spacial score (nSPS) is 8.85. The molecular weight excluding hydrogens is 262 g/mol. The summed E-state index contributed by atoms with van der Waals surface area (Å²) in [4.78, 5) is 23.9. The van der Waals surface area contributed by atoms with Crippen LogP contribution in [0.2, 0.25) is 0 Å². The molecule has 0 saturated carbocycles. The highest BCUT2D eigenvalue weighted by Gasteiger charge is 2.14. The van der Waals surface area contributed by atoms with E-state index in [4.69, 9.17) is 5.53 Å². The van der Waals surface area contributed by atoms with Gasteiger partial charge in [-0.05, 0) is 17.7 Å². The number of nitro benzene ring substituents is 1. The monoisotopic (exact) mass is 273 g/mol. The maximum absolute atomic E-state index is 10.9. The number of anilines is 1. The van der Waals surface area contributed by atoms with E-state index < -0.39 is 4.92 Å². The summed E-state index contributed by atoms with van der Waals surface area (Å²) in [7, 11) is 0. The Bertz CT molecular complexity index is 638. The standard InChI is InChI=1S/C12H11N5O3/c1-9(18)15-11-6-5-10(8-12(11)17(19)20)4-2-3-7-14-16-13/h5-6,8H,3,7H2,1H3,(H,15,18). The van der Waals surface area contributed by atoms with Gasteiger partial charge in [0, 0.05) is 36.4 Å². The molecule has 0 atom stereocenters. The summed E-state index contributed by atoms with van der Waals surface area (Å²) in [6, 6.07) is 4.28. The number of carbonyl (C=O) groups excluding carboxylic acids is 1. The van der Waals surface area contributed by atoms with Crippen molar-refractivity contribution in [3.63, 3.8) is 0 Å². The Labute approximate surface area is 114 Å². The van der Waals surface area contributed by atoms with Gasteiger partial charge in [-0.25, -0.2) is 0 Å². The molecule has 0 unspecified atom stereocenters. The molecule has 1 rings (SSSR count). The summed E-state index contributed by atoms with van der Waals surface area (Å²) in [5.41, 5.74) is 8.44. The van der Waals surface area contributed by atoms with Crippen molar-refractivity contribution in [1.82, 2.24) is 0 Å². The van der Waals surface area contributed by atoms with Gasteiger partial charge in [0.25, 0.3) is 5.69 Å². The first-order chi connectivity index (χ1) is 9.54. The molecule has 0 aliphatic rings. The van der Waals surface area contributed by atoms with Crippen molar-refractivity contribution in [2.75, 3.05) is 11.9 Å². The molecule has 0 bridgehead atoms. The van der Waals surface area contributed by atoms with E-state index in [1.54, 1.807) is 6.07 Å². The van der Waals surface area contributed by atoms with Gasteiger partial charge < -0.3 is 5.32 Å². The fourth-order valence-electron chi connectivity index (χ4n) is 1.37. The second kappa shape index (κ2) is 7.41. The molecule has 1 amide bonds. The maximum atomic E-state index is 10.9. The first-order valence-corrected chi connectivity index (χ1v) is 5.60. The molecule has 20 heavy (non-hydrogen) atoms. The Balaban J connectivity index is 2.95. The van der Waals surface area contributed by atoms with Gasteiger partial charge in [0.15, 0.2) is 0 Å². The van der Waals surface area contributed by atoms with Crippen LogP contribution in [0.3, 0.4) is 0 Å². The molecule has 0 aliphatic heterocycles. The zero-order valence-electron chi connectivity index (χ0n) is 10.7. The molecule has 0 spiro atoms. The number of nitro groups is 1. The minimum absolute atomic E-state index is 0.127. The highest BCUT2D eigenvalue weighted by atomic mass is 16.6. The highest BCUT2D eigenvalue weighted by molar-refractivity contribution is 5.91. The fourth-order valence-corrected chi connectivity index (χ4v) is 1.37. The molecule has 8 heteroatoms. The molecule has 1 aromatic carbocycles. The van der Waals surface area contributed by atoms with E-state index in [9.17, 15) is 14.9 Å². The van der Waals surface area contributed by atoms with Crippen LogP contribution in [0.1, 0.15) is 18.9 Å². The van der Waals surface area contributed by atoms with E-state index in [1.807, 2.05) is 0 Å². The fraction of sp³-hybridized carbons (Fsp3) is 0.250. The Morgan fingerprint density at radius 3 is 2.95 bits per heavy atom. The molecule has 0 heterocycles. The van der Waals surface area contributed by atoms with Crippen LogP contribution in [-0.4, -0.2) is 17.4 Å². The van der Waals surface area contributed by atoms with E-state index in [2.05, 4.69) is 27.2 Å². The van der Waals surface area contributed by atoms with Crippen LogP contribution in [0.25, 0.3) is 10.4 Å². The van der Waals surface area contributed by atoms with Gasteiger partial charge in [0.2, 0.25) is 5.91 Å². The minimum atomic E-state index is -0.587. The third-order valence-electron chi connectivity index (χ3n) is 2.14. The van der Waals surface area contributed by atoms with Crippen LogP contribution in [0.15, 0.2) is 23.3 Å². The lowest BCUT2D eigenvalue weighted by Crippen LogP contribution is -2.08. The number of nitrogens with zero attached hydrogens (tertiary/aromatic N) is 4.